The van der Waals surface area contributed by atoms with E-state index in [2.05, 4.69) is 31.8 Å². The highest BCUT2D eigenvalue weighted by atomic mass is 16.2. The zero-order valence-electron chi connectivity index (χ0n) is 30.7. The Morgan fingerprint density at radius 1 is 0.691 bits per heavy atom. The molecule has 0 aliphatic carbocycles. The fourth-order valence-corrected chi connectivity index (χ4v) is 4.85. The van der Waals surface area contributed by atoms with Crippen LogP contribution in [0.15, 0.2) is 31.6 Å². The molecule has 0 atom stereocenters. The van der Waals surface area contributed by atoms with Crippen molar-refractivity contribution in [1.82, 2.24) is 49.8 Å². The molecule has 0 radical (unpaired) electrons. The third-order valence-electron chi connectivity index (χ3n) is 7.71. The topological polar surface area (TPSA) is 301 Å². The molecular weight excluding hydrogens is 726 g/mol. The van der Waals surface area contributed by atoms with Gasteiger partial charge in [-0.1, -0.05) is 0 Å². The van der Waals surface area contributed by atoms with E-state index >= 15 is 0 Å². The molecule has 0 fully saturated rings. The minimum Gasteiger partial charge on any atom is -0.368 e. The number of rotatable bonds is 21. The van der Waals surface area contributed by atoms with Crippen molar-refractivity contribution in [1.29, 1.82) is 0 Å². The van der Waals surface area contributed by atoms with Gasteiger partial charge in [0.15, 0.2) is 0 Å². The number of carbonyl (C=O) groups is 7. The standard InChI is InChI=1S/C33H45N11O11/c1-5-6-7-27(49)41(17-25(47)36-9-12-40(16-24(34)46)28(50)19-43-14-21(2)30(52)38-32(43)54)13-10-37-26(48)18-42(11-8-35-23(4)45)29(51)20-44-15-22(3)31(53)39-33(44)55/h1,14-15H,6-13,16-20H2,2-4H3,(H2,34,46)(H,35,45)(H,36,47)(H,37,48)(H,38,52,54)(H,39,53,55). The first-order chi connectivity index (χ1) is 25.9. The van der Waals surface area contributed by atoms with Gasteiger partial charge in [-0.2, -0.15) is 0 Å². The molecule has 0 bridgehead atoms. The number of hydrogen-bond donors (Lipinski definition) is 6. The molecule has 2 rings (SSSR count). The summed E-state index contributed by atoms with van der Waals surface area (Å²) >= 11 is 0. The van der Waals surface area contributed by atoms with Crippen LogP contribution in [0.2, 0.25) is 0 Å². The molecule has 0 aromatic carbocycles. The molecule has 0 saturated heterocycles. The van der Waals surface area contributed by atoms with Gasteiger partial charge in [0.25, 0.3) is 11.1 Å². The van der Waals surface area contributed by atoms with Crippen LogP contribution >= 0.6 is 0 Å². The average molecular weight is 772 g/mol. The van der Waals surface area contributed by atoms with E-state index in [0.717, 1.165) is 23.8 Å². The highest BCUT2D eigenvalue weighted by Gasteiger charge is 2.22. The van der Waals surface area contributed by atoms with Crippen molar-refractivity contribution in [2.45, 2.75) is 46.7 Å². The van der Waals surface area contributed by atoms with Gasteiger partial charge in [-0.05, 0) is 13.8 Å². The van der Waals surface area contributed by atoms with E-state index in [0.29, 0.717) is 0 Å². The van der Waals surface area contributed by atoms with Crippen molar-refractivity contribution in [2.24, 2.45) is 5.73 Å². The minimum absolute atomic E-state index is 0.0102. The number of amides is 7. The Kier molecular flexibility index (Phi) is 17.5. The summed E-state index contributed by atoms with van der Waals surface area (Å²) < 4.78 is 1.92. The Balaban J connectivity index is 2.03. The maximum absolute atomic E-state index is 13.1. The second-order valence-corrected chi connectivity index (χ2v) is 12.2. The molecule has 55 heavy (non-hydrogen) atoms. The molecule has 298 valence electrons. The number of nitrogens with one attached hydrogen (secondary N) is 5. The van der Waals surface area contributed by atoms with E-state index in [1.165, 1.54) is 33.2 Å². The Bertz CT molecular complexity index is 2040. The van der Waals surface area contributed by atoms with E-state index in [-0.39, 0.29) is 69.1 Å². The lowest BCUT2D eigenvalue weighted by Gasteiger charge is -2.25. The van der Waals surface area contributed by atoms with Crippen LogP contribution in [0, 0.1) is 26.2 Å². The number of aryl methyl sites for hydroxylation is 2. The van der Waals surface area contributed by atoms with E-state index in [9.17, 15) is 52.7 Å². The summed E-state index contributed by atoms with van der Waals surface area (Å²) in [6.07, 6.45) is 7.62. The zero-order valence-corrected chi connectivity index (χ0v) is 30.7. The van der Waals surface area contributed by atoms with Crippen LogP contribution < -0.4 is 44.2 Å². The molecule has 0 unspecified atom stereocenters. The van der Waals surface area contributed by atoms with Crippen LogP contribution in [0.5, 0.6) is 0 Å². The molecule has 7 N–H and O–H groups in total. The summed E-state index contributed by atoms with van der Waals surface area (Å²) in [7, 11) is 0. The van der Waals surface area contributed by atoms with Gasteiger partial charge >= 0.3 is 11.4 Å². The number of H-pyrrole nitrogens is 2. The number of primary amides is 1. The van der Waals surface area contributed by atoms with Crippen LogP contribution in [-0.2, 0) is 46.7 Å². The summed E-state index contributed by atoms with van der Waals surface area (Å²) in [5.74, 6) is -2.14. The quantitative estimate of drug-likeness (QED) is 0.0651. The van der Waals surface area contributed by atoms with Crippen LogP contribution in [0.3, 0.4) is 0 Å². The van der Waals surface area contributed by atoms with Crippen LogP contribution in [-0.4, -0.2) is 134 Å². The maximum Gasteiger partial charge on any atom is 0.328 e. The van der Waals surface area contributed by atoms with Crippen LogP contribution in [0.4, 0.5) is 0 Å². The second-order valence-electron chi connectivity index (χ2n) is 12.2. The Morgan fingerprint density at radius 2 is 1.09 bits per heavy atom. The fraction of sp³-hybridized carbons (Fsp3) is 0.485. The van der Waals surface area contributed by atoms with Crippen molar-refractivity contribution in [3.8, 4) is 12.3 Å². The van der Waals surface area contributed by atoms with E-state index < -0.39 is 90.7 Å². The van der Waals surface area contributed by atoms with Gasteiger partial charge in [-0.25, -0.2) is 9.59 Å². The molecule has 0 spiro atoms. The zero-order chi connectivity index (χ0) is 41.2. The number of hydrogen-bond acceptors (Lipinski definition) is 11. The molecule has 0 aliphatic heterocycles. The Labute approximate surface area is 313 Å². The monoisotopic (exact) mass is 771 g/mol. The second kappa shape index (κ2) is 21.7. The van der Waals surface area contributed by atoms with Gasteiger partial charge in [0.1, 0.15) is 13.1 Å². The molecule has 22 nitrogen and oxygen atoms in total. The van der Waals surface area contributed by atoms with Gasteiger partial charge < -0.3 is 36.4 Å². The number of terminal acetylenes is 1. The van der Waals surface area contributed by atoms with Crippen molar-refractivity contribution in [3.05, 3.63) is 65.2 Å². The number of carbonyl (C=O) groups excluding carboxylic acids is 7. The summed E-state index contributed by atoms with van der Waals surface area (Å²) in [6, 6.07) is 0. The summed E-state index contributed by atoms with van der Waals surface area (Å²) in [5, 5.41) is 7.60. The van der Waals surface area contributed by atoms with Crippen molar-refractivity contribution in [3.63, 3.8) is 0 Å². The molecular formula is C33H45N11O11. The largest absolute Gasteiger partial charge is 0.368 e. The molecule has 0 saturated carbocycles. The summed E-state index contributed by atoms with van der Waals surface area (Å²) in [5.41, 5.74) is 2.71. The van der Waals surface area contributed by atoms with E-state index in [1.807, 2.05) is 0 Å². The van der Waals surface area contributed by atoms with E-state index in [4.69, 9.17) is 12.2 Å². The smallest absolute Gasteiger partial charge is 0.328 e. The fourth-order valence-electron chi connectivity index (χ4n) is 4.85. The van der Waals surface area contributed by atoms with E-state index in [1.54, 1.807) is 0 Å². The highest BCUT2D eigenvalue weighted by Crippen LogP contribution is 1.99. The molecule has 0 aliphatic rings. The first-order valence-corrected chi connectivity index (χ1v) is 16.8. The molecule has 2 heterocycles. The molecule has 22 heteroatoms. The average Bonchev–Trinajstić information content (AvgIpc) is 3.10. The lowest BCUT2D eigenvalue weighted by molar-refractivity contribution is -0.137. The van der Waals surface area contributed by atoms with Crippen LogP contribution in [0.25, 0.3) is 0 Å². The van der Waals surface area contributed by atoms with Crippen molar-refractivity contribution in [2.75, 3.05) is 58.9 Å². The minimum atomic E-state index is -0.864. The van der Waals surface area contributed by atoms with Gasteiger partial charge in [0.2, 0.25) is 41.4 Å². The Morgan fingerprint density at radius 3 is 1.49 bits per heavy atom. The normalized spacial score (nSPS) is 10.4. The molecule has 7 amide bonds. The summed E-state index contributed by atoms with van der Waals surface area (Å²) in [6.45, 7) is 0.748. The maximum atomic E-state index is 13.1. The predicted octanol–water partition coefficient (Wildman–Crippen LogP) is -5.54. The predicted molar refractivity (Wildman–Crippen MR) is 194 cm³/mol. The SMILES string of the molecule is C#CCCC(=O)N(CCNC(=O)CN(CCNC(C)=O)C(=O)Cn1cc(C)c(=O)[nH]c1=O)CC(=O)NCCN(CC(N)=O)C(=O)Cn1cc(C)c(=O)[nH]c1=O. The molecule has 2 aromatic heterocycles. The number of nitrogens with zero attached hydrogens (tertiary/aromatic N) is 5. The third kappa shape index (κ3) is 15.4. The van der Waals surface area contributed by atoms with Gasteiger partial charge in [0, 0.05) is 82.6 Å². The number of aromatic amines is 2. The van der Waals surface area contributed by atoms with Gasteiger partial charge in [0.05, 0.1) is 19.6 Å². The van der Waals surface area contributed by atoms with Crippen molar-refractivity contribution < 1.29 is 33.6 Å². The number of nitrogens with two attached hydrogens (primary N) is 1. The third-order valence-corrected chi connectivity index (χ3v) is 7.71. The first-order valence-electron chi connectivity index (χ1n) is 16.8. The molecule has 2 aromatic rings. The first kappa shape index (κ1) is 44.4. The highest BCUT2D eigenvalue weighted by molar-refractivity contribution is 5.86. The summed E-state index contributed by atoms with van der Waals surface area (Å²) in [4.78, 5) is 143. The van der Waals surface area contributed by atoms with Crippen LogP contribution in [0.1, 0.15) is 30.9 Å². The van der Waals surface area contributed by atoms with Gasteiger partial charge in [-0.3, -0.25) is 62.3 Å². The Hall–Kier alpha value is -6.79. The lowest BCUT2D eigenvalue weighted by atomic mass is 10.2. The number of aromatic nitrogens is 4. The van der Waals surface area contributed by atoms with Crippen molar-refractivity contribution >= 4 is 41.4 Å². The lowest BCUT2D eigenvalue weighted by Crippen LogP contribution is -2.49. The van der Waals surface area contributed by atoms with Gasteiger partial charge in [-0.15, -0.1) is 12.3 Å².